The number of carboxylic acids is 1. The van der Waals surface area contributed by atoms with E-state index in [2.05, 4.69) is 5.32 Å². The lowest BCUT2D eigenvalue weighted by molar-refractivity contribution is -0.137. The van der Waals surface area contributed by atoms with Gasteiger partial charge in [0.1, 0.15) is 0 Å². The first-order chi connectivity index (χ1) is 10.2. The Hall–Kier alpha value is -1.92. The number of aromatic carboxylic acids is 1. The second-order valence-electron chi connectivity index (χ2n) is 4.26. The average Bonchev–Trinajstić information content (AvgIpc) is 2.42. The van der Waals surface area contributed by atoms with Crippen LogP contribution in [0.1, 0.15) is 15.9 Å². The molecular weight excluding hydrogens is 342 g/mol. The van der Waals surface area contributed by atoms with Crippen LogP contribution in [0.5, 0.6) is 0 Å². The number of nitrogens with one attached hydrogen (secondary N) is 1. The molecule has 3 nitrogen and oxygen atoms in total. The highest BCUT2D eigenvalue weighted by atomic mass is 35.5. The molecule has 0 aromatic heterocycles. The van der Waals surface area contributed by atoms with Gasteiger partial charge in [-0.25, -0.2) is 4.79 Å². The Bertz CT molecular complexity index is 733. The molecule has 8 heteroatoms. The number of rotatable bonds is 3. The van der Waals surface area contributed by atoms with E-state index in [1.54, 1.807) is 0 Å². The summed E-state index contributed by atoms with van der Waals surface area (Å²) in [6.07, 6.45) is -4.65. The van der Waals surface area contributed by atoms with Gasteiger partial charge in [-0.15, -0.1) is 0 Å². The minimum Gasteiger partial charge on any atom is -0.478 e. The zero-order valence-corrected chi connectivity index (χ0v) is 12.2. The molecule has 0 radical (unpaired) electrons. The van der Waals surface area contributed by atoms with Crippen LogP contribution in [0.3, 0.4) is 0 Å². The van der Waals surface area contributed by atoms with E-state index in [0.717, 1.165) is 12.1 Å². The molecule has 0 aliphatic rings. The van der Waals surface area contributed by atoms with Crippen molar-refractivity contribution in [3.05, 3.63) is 57.6 Å². The first-order valence-electron chi connectivity index (χ1n) is 5.86. The van der Waals surface area contributed by atoms with Crippen LogP contribution in [-0.4, -0.2) is 11.1 Å². The van der Waals surface area contributed by atoms with Gasteiger partial charge in [-0.3, -0.25) is 0 Å². The lowest BCUT2D eigenvalue weighted by Gasteiger charge is -2.16. The molecule has 0 fully saturated rings. The van der Waals surface area contributed by atoms with Crippen molar-refractivity contribution >= 4 is 40.5 Å². The van der Waals surface area contributed by atoms with Gasteiger partial charge >= 0.3 is 12.1 Å². The highest BCUT2D eigenvalue weighted by Gasteiger charge is 2.34. The molecule has 0 saturated carbocycles. The summed E-state index contributed by atoms with van der Waals surface area (Å²) < 4.78 is 38.6. The second-order valence-corrected chi connectivity index (χ2v) is 5.04. The van der Waals surface area contributed by atoms with Crippen molar-refractivity contribution in [2.45, 2.75) is 6.18 Å². The molecule has 0 spiro atoms. The Morgan fingerprint density at radius 1 is 1.09 bits per heavy atom. The predicted molar refractivity (Wildman–Crippen MR) is 78.1 cm³/mol. The van der Waals surface area contributed by atoms with Crippen molar-refractivity contribution < 1.29 is 23.1 Å². The Morgan fingerprint density at radius 2 is 1.73 bits per heavy atom. The summed E-state index contributed by atoms with van der Waals surface area (Å²) in [4.78, 5) is 11.1. The molecule has 2 aromatic carbocycles. The van der Waals surface area contributed by atoms with Crippen LogP contribution in [0.25, 0.3) is 0 Å². The quantitative estimate of drug-likeness (QED) is 0.774. The number of para-hydroxylation sites is 1. The Morgan fingerprint density at radius 3 is 2.32 bits per heavy atom. The number of alkyl halides is 3. The summed E-state index contributed by atoms with van der Waals surface area (Å²) in [5, 5.41) is 11.0. The first-order valence-corrected chi connectivity index (χ1v) is 6.62. The van der Waals surface area contributed by atoms with E-state index < -0.39 is 22.7 Å². The SMILES string of the molecule is O=C(O)c1ccccc1Nc1c(Cl)ccc(C(F)(F)F)c1Cl. The third-order valence-corrected chi connectivity index (χ3v) is 3.52. The molecule has 0 heterocycles. The van der Waals surface area contributed by atoms with Crippen molar-refractivity contribution in [3.8, 4) is 0 Å². The topological polar surface area (TPSA) is 49.3 Å². The predicted octanol–water partition coefficient (Wildman–Crippen LogP) is 5.45. The fourth-order valence-electron chi connectivity index (χ4n) is 1.80. The molecule has 116 valence electrons. The summed E-state index contributed by atoms with van der Waals surface area (Å²) in [6.45, 7) is 0. The summed E-state index contributed by atoms with van der Waals surface area (Å²) in [5.41, 5.74) is -1.30. The van der Waals surface area contributed by atoms with Crippen molar-refractivity contribution in [2.24, 2.45) is 0 Å². The van der Waals surface area contributed by atoms with Crippen molar-refractivity contribution in [1.29, 1.82) is 0 Å². The van der Waals surface area contributed by atoms with Gasteiger partial charge in [0.15, 0.2) is 0 Å². The lowest BCUT2D eigenvalue weighted by atomic mass is 10.1. The highest BCUT2D eigenvalue weighted by Crippen LogP contribution is 2.42. The van der Waals surface area contributed by atoms with Crippen LogP contribution in [0.4, 0.5) is 24.5 Å². The summed E-state index contributed by atoms with van der Waals surface area (Å²) >= 11 is 11.6. The smallest absolute Gasteiger partial charge is 0.417 e. The van der Waals surface area contributed by atoms with E-state index in [0.29, 0.717) is 0 Å². The average molecular weight is 350 g/mol. The van der Waals surface area contributed by atoms with Gasteiger partial charge in [-0.1, -0.05) is 35.3 Å². The Labute approximate surface area is 133 Å². The van der Waals surface area contributed by atoms with Gasteiger partial charge in [0.25, 0.3) is 0 Å². The first kappa shape index (κ1) is 16.5. The summed E-state index contributed by atoms with van der Waals surface area (Å²) in [7, 11) is 0. The largest absolute Gasteiger partial charge is 0.478 e. The standard InChI is InChI=1S/C14H8Cl2F3NO2/c15-9-6-5-8(14(17,18)19)11(16)12(9)20-10-4-2-1-3-7(10)13(21)22/h1-6,20H,(H,21,22). The van der Waals surface area contributed by atoms with Crippen LogP contribution in [-0.2, 0) is 6.18 Å². The normalized spacial score (nSPS) is 11.3. The number of carboxylic acid groups (broad SMARTS) is 1. The second kappa shape index (κ2) is 6.06. The molecule has 0 saturated heterocycles. The number of hydrogen-bond acceptors (Lipinski definition) is 2. The number of benzene rings is 2. The number of hydrogen-bond donors (Lipinski definition) is 2. The van der Waals surface area contributed by atoms with E-state index in [9.17, 15) is 18.0 Å². The maximum atomic E-state index is 12.9. The van der Waals surface area contributed by atoms with Gasteiger partial charge < -0.3 is 10.4 Å². The van der Waals surface area contributed by atoms with E-state index in [1.165, 1.54) is 24.3 Å². The zero-order valence-electron chi connectivity index (χ0n) is 10.7. The fourth-order valence-corrected chi connectivity index (χ4v) is 2.37. The van der Waals surface area contributed by atoms with Crippen LogP contribution >= 0.6 is 23.2 Å². The molecule has 0 atom stereocenters. The van der Waals surface area contributed by atoms with Crippen molar-refractivity contribution in [1.82, 2.24) is 0 Å². The maximum absolute atomic E-state index is 12.9. The highest BCUT2D eigenvalue weighted by molar-refractivity contribution is 6.39. The van der Waals surface area contributed by atoms with Gasteiger partial charge in [0, 0.05) is 0 Å². The van der Waals surface area contributed by atoms with E-state index >= 15 is 0 Å². The third-order valence-electron chi connectivity index (χ3n) is 2.81. The molecule has 0 aliphatic carbocycles. The zero-order chi connectivity index (χ0) is 16.5. The molecule has 2 rings (SSSR count). The van der Waals surface area contributed by atoms with E-state index in [1.807, 2.05) is 0 Å². The number of anilines is 2. The monoisotopic (exact) mass is 349 g/mol. The van der Waals surface area contributed by atoms with Crippen LogP contribution in [0.2, 0.25) is 10.0 Å². The van der Waals surface area contributed by atoms with Crippen LogP contribution in [0.15, 0.2) is 36.4 Å². The molecular formula is C14H8Cl2F3NO2. The minimum absolute atomic E-state index is 0.0572. The van der Waals surface area contributed by atoms with Gasteiger partial charge in [-0.05, 0) is 24.3 Å². The molecule has 0 unspecified atom stereocenters. The van der Waals surface area contributed by atoms with Crippen LogP contribution in [0, 0.1) is 0 Å². The van der Waals surface area contributed by atoms with Crippen molar-refractivity contribution in [3.63, 3.8) is 0 Å². The molecule has 22 heavy (non-hydrogen) atoms. The number of halogens is 5. The fraction of sp³-hybridized carbons (Fsp3) is 0.0714. The van der Waals surface area contributed by atoms with Gasteiger partial charge in [0.2, 0.25) is 0 Å². The summed E-state index contributed by atoms with van der Waals surface area (Å²) in [6, 6.07) is 7.53. The number of carbonyl (C=O) groups is 1. The lowest BCUT2D eigenvalue weighted by Crippen LogP contribution is -2.08. The molecule has 2 N–H and O–H groups in total. The minimum atomic E-state index is -4.65. The summed E-state index contributed by atoms with van der Waals surface area (Å²) in [5.74, 6) is -1.23. The van der Waals surface area contributed by atoms with E-state index in [4.69, 9.17) is 28.3 Å². The molecule has 0 bridgehead atoms. The van der Waals surface area contributed by atoms with E-state index in [-0.39, 0.29) is 22.0 Å². The molecule has 0 amide bonds. The van der Waals surface area contributed by atoms with Gasteiger partial charge in [-0.2, -0.15) is 13.2 Å². The Kier molecular flexibility index (Phi) is 4.53. The van der Waals surface area contributed by atoms with Gasteiger partial charge in [0.05, 0.1) is 32.5 Å². The van der Waals surface area contributed by atoms with Crippen molar-refractivity contribution in [2.75, 3.05) is 5.32 Å². The maximum Gasteiger partial charge on any atom is 0.417 e. The molecule has 2 aromatic rings. The third kappa shape index (κ3) is 3.28. The van der Waals surface area contributed by atoms with Crippen LogP contribution < -0.4 is 5.32 Å². The molecule has 0 aliphatic heterocycles. The Balaban J connectivity index is 2.53.